The first-order valence-electron chi connectivity index (χ1n) is 13.8. The van der Waals surface area contributed by atoms with Crippen molar-refractivity contribution in [2.24, 2.45) is 0 Å². The number of H-pyrrole nitrogens is 1. The molecule has 5 aromatic rings. The van der Waals surface area contributed by atoms with Crippen LogP contribution in [0.4, 0.5) is 5.69 Å². The summed E-state index contributed by atoms with van der Waals surface area (Å²) in [5.74, 6) is 0.101. The molecular formula is C32H32N6O2. The second-order valence-corrected chi connectivity index (χ2v) is 10.3. The predicted molar refractivity (Wildman–Crippen MR) is 156 cm³/mol. The van der Waals surface area contributed by atoms with Gasteiger partial charge in [0.25, 0.3) is 5.91 Å². The Morgan fingerprint density at radius 2 is 1.88 bits per heavy atom. The highest BCUT2D eigenvalue weighted by Crippen LogP contribution is 2.26. The van der Waals surface area contributed by atoms with Gasteiger partial charge in [0.15, 0.2) is 5.76 Å². The van der Waals surface area contributed by atoms with Crippen LogP contribution < -0.4 is 10.2 Å². The van der Waals surface area contributed by atoms with Crippen LogP contribution in [-0.2, 0) is 13.0 Å². The molecule has 1 aliphatic rings. The molecule has 1 saturated heterocycles. The topological polar surface area (TPSA) is 101 Å². The van der Waals surface area contributed by atoms with Gasteiger partial charge in [0.1, 0.15) is 5.58 Å². The van der Waals surface area contributed by atoms with E-state index < -0.39 is 0 Å². The molecule has 3 aromatic heterocycles. The van der Waals surface area contributed by atoms with Crippen molar-refractivity contribution < 1.29 is 9.21 Å². The second kappa shape index (κ2) is 11.6. The number of hydrogen-bond acceptors (Lipinski definition) is 6. The Morgan fingerprint density at radius 3 is 2.70 bits per heavy atom. The fourth-order valence-electron chi connectivity index (χ4n) is 5.44. The van der Waals surface area contributed by atoms with Gasteiger partial charge in [0.2, 0.25) is 0 Å². The van der Waals surface area contributed by atoms with Gasteiger partial charge in [0.05, 0.1) is 11.6 Å². The van der Waals surface area contributed by atoms with E-state index in [9.17, 15) is 10.1 Å². The summed E-state index contributed by atoms with van der Waals surface area (Å²) >= 11 is 0. The Kier molecular flexibility index (Phi) is 7.47. The monoisotopic (exact) mass is 532 g/mol. The highest BCUT2D eigenvalue weighted by Gasteiger charge is 2.19. The molecule has 0 saturated carbocycles. The second-order valence-electron chi connectivity index (χ2n) is 10.3. The first-order valence-corrected chi connectivity index (χ1v) is 13.8. The number of carbonyl (C=O) groups is 1. The number of aromatic amines is 1. The van der Waals surface area contributed by atoms with Crippen LogP contribution in [0.3, 0.4) is 0 Å². The van der Waals surface area contributed by atoms with E-state index >= 15 is 0 Å². The highest BCUT2D eigenvalue weighted by molar-refractivity contribution is 5.96. The summed E-state index contributed by atoms with van der Waals surface area (Å²) in [6.45, 7) is 5.54. The van der Waals surface area contributed by atoms with Crippen LogP contribution in [-0.4, -0.2) is 53.5 Å². The third kappa shape index (κ3) is 5.70. The van der Waals surface area contributed by atoms with Crippen molar-refractivity contribution >= 4 is 33.5 Å². The van der Waals surface area contributed by atoms with E-state index in [1.165, 1.54) is 10.9 Å². The van der Waals surface area contributed by atoms with Gasteiger partial charge in [0, 0.05) is 73.3 Å². The molecule has 0 radical (unpaired) electrons. The van der Waals surface area contributed by atoms with E-state index in [-0.39, 0.29) is 5.91 Å². The summed E-state index contributed by atoms with van der Waals surface area (Å²) in [7, 11) is 0. The number of anilines is 1. The zero-order valence-electron chi connectivity index (χ0n) is 22.4. The third-order valence-corrected chi connectivity index (χ3v) is 7.73. The average Bonchev–Trinajstić information content (AvgIpc) is 3.62. The SMILES string of the molecule is N#Cc1ccc2[nH]cc(CCCCN3CCN(c4ccc5oc(C(=O)NCc6ccncc6)cc5c4)CC3)c2c1. The summed E-state index contributed by atoms with van der Waals surface area (Å²) < 4.78 is 5.83. The van der Waals surface area contributed by atoms with E-state index in [0.717, 1.165) is 79.7 Å². The van der Waals surface area contributed by atoms with Gasteiger partial charge in [-0.25, -0.2) is 0 Å². The van der Waals surface area contributed by atoms with Crippen LogP contribution >= 0.6 is 0 Å². The minimum atomic E-state index is -0.222. The van der Waals surface area contributed by atoms with Crippen molar-refractivity contribution in [2.45, 2.75) is 25.8 Å². The first kappa shape index (κ1) is 25.7. The minimum Gasteiger partial charge on any atom is -0.451 e. The first-order chi connectivity index (χ1) is 19.7. The molecule has 8 heteroatoms. The molecule has 1 amide bonds. The molecule has 40 heavy (non-hydrogen) atoms. The van der Waals surface area contributed by atoms with Crippen LogP contribution in [0.1, 0.15) is 40.1 Å². The number of amides is 1. The molecule has 1 fully saturated rings. The number of aromatic nitrogens is 2. The van der Waals surface area contributed by atoms with Gasteiger partial charge >= 0.3 is 0 Å². The van der Waals surface area contributed by atoms with Crippen molar-refractivity contribution in [3.63, 3.8) is 0 Å². The smallest absolute Gasteiger partial charge is 0.287 e. The number of rotatable bonds is 9. The van der Waals surface area contributed by atoms with E-state index in [1.807, 2.05) is 42.5 Å². The van der Waals surface area contributed by atoms with Crippen LogP contribution in [0.5, 0.6) is 0 Å². The lowest BCUT2D eigenvalue weighted by atomic mass is 10.1. The maximum Gasteiger partial charge on any atom is 0.287 e. The number of hydrogen-bond donors (Lipinski definition) is 2. The van der Waals surface area contributed by atoms with E-state index in [1.54, 1.807) is 12.4 Å². The van der Waals surface area contributed by atoms with Gasteiger partial charge in [-0.2, -0.15) is 5.26 Å². The Morgan fingerprint density at radius 1 is 1.02 bits per heavy atom. The molecule has 0 unspecified atom stereocenters. The number of piperazine rings is 1. The molecule has 202 valence electrons. The number of furan rings is 1. The Bertz CT molecular complexity index is 1660. The summed E-state index contributed by atoms with van der Waals surface area (Å²) in [5, 5.41) is 14.2. The van der Waals surface area contributed by atoms with Gasteiger partial charge in [-0.05, 0) is 91.5 Å². The van der Waals surface area contributed by atoms with E-state index in [4.69, 9.17) is 4.42 Å². The van der Waals surface area contributed by atoms with Gasteiger partial charge in [-0.1, -0.05) is 0 Å². The zero-order valence-corrected chi connectivity index (χ0v) is 22.4. The summed E-state index contributed by atoms with van der Waals surface area (Å²) in [5.41, 5.74) is 5.97. The maximum atomic E-state index is 12.6. The number of carbonyl (C=O) groups excluding carboxylic acids is 1. The summed E-state index contributed by atoms with van der Waals surface area (Å²) in [4.78, 5) is 24.9. The van der Waals surface area contributed by atoms with Crippen molar-refractivity contribution in [2.75, 3.05) is 37.6 Å². The summed E-state index contributed by atoms with van der Waals surface area (Å²) in [6, 6.07) is 19.8. The van der Waals surface area contributed by atoms with Gasteiger partial charge in [-0.3, -0.25) is 14.7 Å². The Hall–Kier alpha value is -4.61. The fourth-order valence-corrected chi connectivity index (χ4v) is 5.44. The number of fused-ring (bicyclic) bond motifs is 2. The van der Waals surface area contributed by atoms with Crippen LogP contribution in [0.15, 0.2) is 77.6 Å². The third-order valence-electron chi connectivity index (χ3n) is 7.73. The molecule has 2 aromatic carbocycles. The number of benzene rings is 2. The number of aryl methyl sites for hydroxylation is 1. The standard InChI is InChI=1S/C32H32N6O2/c33-20-24-4-6-29-28(17-24)25(22-35-29)3-1-2-12-37-13-15-38(16-14-37)27-5-7-30-26(18-27)19-31(40-30)32(39)36-21-23-8-10-34-11-9-23/h4-11,17-19,22,35H,1-3,12-16,21H2,(H,36,39). The van der Waals surface area contributed by atoms with Crippen molar-refractivity contribution in [3.8, 4) is 6.07 Å². The van der Waals surface area contributed by atoms with Crippen LogP contribution in [0.25, 0.3) is 21.9 Å². The number of pyridine rings is 1. The van der Waals surface area contributed by atoms with Crippen molar-refractivity contribution in [3.05, 3.63) is 95.6 Å². The van der Waals surface area contributed by atoms with Gasteiger partial charge < -0.3 is 19.6 Å². The van der Waals surface area contributed by atoms with Gasteiger partial charge in [-0.15, -0.1) is 0 Å². The largest absolute Gasteiger partial charge is 0.451 e. The molecule has 4 heterocycles. The molecule has 0 bridgehead atoms. The normalized spacial score (nSPS) is 14.0. The predicted octanol–water partition coefficient (Wildman–Crippen LogP) is 5.26. The quantitative estimate of drug-likeness (QED) is 0.251. The van der Waals surface area contributed by atoms with Crippen LogP contribution in [0.2, 0.25) is 0 Å². The lowest BCUT2D eigenvalue weighted by Crippen LogP contribution is -2.46. The van der Waals surface area contributed by atoms with Crippen molar-refractivity contribution in [1.82, 2.24) is 20.2 Å². The average molecular weight is 533 g/mol. The lowest BCUT2D eigenvalue weighted by molar-refractivity contribution is 0.0925. The van der Waals surface area contributed by atoms with E-state index in [2.05, 4.69) is 49.5 Å². The number of unbranched alkanes of at least 4 members (excludes halogenated alkanes) is 1. The molecule has 0 aliphatic carbocycles. The number of nitrogens with one attached hydrogen (secondary N) is 2. The molecule has 0 spiro atoms. The number of nitriles is 1. The lowest BCUT2D eigenvalue weighted by Gasteiger charge is -2.36. The summed E-state index contributed by atoms with van der Waals surface area (Å²) in [6.07, 6.45) is 8.80. The maximum absolute atomic E-state index is 12.6. The molecular weight excluding hydrogens is 500 g/mol. The molecule has 0 atom stereocenters. The van der Waals surface area contributed by atoms with E-state index in [0.29, 0.717) is 17.9 Å². The molecule has 8 nitrogen and oxygen atoms in total. The molecule has 6 rings (SSSR count). The zero-order chi connectivity index (χ0) is 27.3. The minimum absolute atomic E-state index is 0.222. The Labute approximate surface area is 233 Å². The molecule has 1 aliphatic heterocycles. The van der Waals surface area contributed by atoms with Crippen LogP contribution in [0, 0.1) is 11.3 Å². The number of nitrogens with zero attached hydrogens (tertiary/aromatic N) is 4. The molecule has 2 N–H and O–H groups in total. The Balaban J connectivity index is 0.977. The van der Waals surface area contributed by atoms with Crippen molar-refractivity contribution in [1.29, 1.82) is 5.26 Å². The fraction of sp³-hybridized carbons (Fsp3) is 0.281. The highest BCUT2D eigenvalue weighted by atomic mass is 16.3.